The molecule has 0 aliphatic heterocycles. The Morgan fingerprint density at radius 2 is 2.12 bits per heavy atom. The third-order valence-electron chi connectivity index (χ3n) is 2.37. The van der Waals surface area contributed by atoms with E-state index in [2.05, 4.69) is 25.6 Å². The summed E-state index contributed by atoms with van der Waals surface area (Å²) in [6.07, 6.45) is 1.24. The van der Waals surface area contributed by atoms with E-state index in [0.717, 1.165) is 6.07 Å². The summed E-state index contributed by atoms with van der Waals surface area (Å²) in [5.74, 6) is -0.863. The highest BCUT2D eigenvalue weighted by atomic mass is 79.9. The second-order valence-corrected chi connectivity index (χ2v) is 7.20. The molecule has 1 aromatic rings. The van der Waals surface area contributed by atoms with E-state index >= 15 is 0 Å². The van der Waals surface area contributed by atoms with Gasteiger partial charge in [-0.15, -0.1) is 0 Å². The number of rotatable bonds is 4. The molecule has 0 spiro atoms. The van der Waals surface area contributed by atoms with Crippen LogP contribution in [0.5, 0.6) is 0 Å². The summed E-state index contributed by atoms with van der Waals surface area (Å²) in [5.41, 5.74) is -0.747. The molecule has 0 radical (unpaired) electrons. The molecule has 1 atom stereocenters. The average molecular weight is 325 g/mol. The molecule has 1 N–H and O–H groups in total. The van der Waals surface area contributed by atoms with Crippen LogP contribution in [0.25, 0.3) is 0 Å². The van der Waals surface area contributed by atoms with E-state index in [1.165, 1.54) is 12.3 Å². The summed E-state index contributed by atoms with van der Waals surface area (Å²) in [6.45, 7) is 5.20. The summed E-state index contributed by atoms with van der Waals surface area (Å²) in [5, 5.41) is -0.582. The lowest BCUT2D eigenvalue weighted by Crippen LogP contribution is -2.49. The molecule has 0 saturated carbocycles. The van der Waals surface area contributed by atoms with E-state index in [4.69, 9.17) is 0 Å². The number of hydrogen-bond donors (Lipinski definition) is 1. The maximum Gasteiger partial charge on any atom is 0.261 e. The van der Waals surface area contributed by atoms with Crippen molar-refractivity contribution in [2.24, 2.45) is 0 Å². The van der Waals surface area contributed by atoms with E-state index in [1.807, 2.05) is 0 Å². The van der Waals surface area contributed by atoms with Crippen molar-refractivity contribution in [3.63, 3.8) is 0 Å². The lowest BCUT2D eigenvalue weighted by atomic mass is 10.0. The van der Waals surface area contributed by atoms with Crippen LogP contribution in [-0.4, -0.2) is 23.8 Å². The molecule has 0 aliphatic rings. The van der Waals surface area contributed by atoms with Crippen molar-refractivity contribution in [3.05, 3.63) is 24.1 Å². The van der Waals surface area contributed by atoms with Gasteiger partial charge in [0, 0.05) is 16.6 Å². The first-order chi connectivity index (χ1) is 7.67. The molecule has 0 fully saturated rings. The fourth-order valence-corrected chi connectivity index (χ4v) is 2.80. The lowest BCUT2D eigenvalue weighted by Gasteiger charge is -2.28. The molecule has 1 unspecified atom stereocenters. The van der Waals surface area contributed by atoms with Gasteiger partial charge in [-0.3, -0.25) is 0 Å². The monoisotopic (exact) mass is 324 g/mol. The van der Waals surface area contributed by atoms with Crippen LogP contribution in [0.3, 0.4) is 0 Å². The van der Waals surface area contributed by atoms with E-state index < -0.39 is 26.4 Å². The van der Waals surface area contributed by atoms with Gasteiger partial charge in [-0.25, -0.2) is 22.5 Å². The minimum Gasteiger partial charge on any atom is -0.241 e. The van der Waals surface area contributed by atoms with Crippen LogP contribution in [-0.2, 0) is 10.0 Å². The van der Waals surface area contributed by atoms with Crippen LogP contribution in [0.2, 0.25) is 0 Å². The summed E-state index contributed by atoms with van der Waals surface area (Å²) < 4.78 is 39.7. The van der Waals surface area contributed by atoms with Crippen molar-refractivity contribution >= 4 is 26.0 Å². The Hall–Kier alpha value is -0.530. The molecule has 1 rings (SSSR count). The largest absolute Gasteiger partial charge is 0.261 e. The van der Waals surface area contributed by atoms with Crippen molar-refractivity contribution in [2.45, 2.75) is 36.2 Å². The Labute approximate surface area is 109 Å². The van der Waals surface area contributed by atoms with Gasteiger partial charge in [-0.05, 0) is 26.0 Å². The highest BCUT2D eigenvalue weighted by Gasteiger charge is 2.32. The van der Waals surface area contributed by atoms with Gasteiger partial charge in [0.05, 0.1) is 0 Å². The SMILES string of the molecule is CC(Br)C(C)(C)NS(=O)(=O)c1ncccc1F. The Morgan fingerprint density at radius 1 is 1.53 bits per heavy atom. The maximum atomic E-state index is 13.4. The molecule has 0 amide bonds. The van der Waals surface area contributed by atoms with Crippen LogP contribution in [0.4, 0.5) is 4.39 Å². The number of hydrogen-bond acceptors (Lipinski definition) is 3. The number of pyridine rings is 1. The predicted molar refractivity (Wildman–Crippen MR) is 67.0 cm³/mol. The Kier molecular flexibility index (Phi) is 4.27. The minimum absolute atomic E-state index is 0.114. The molecule has 7 heteroatoms. The predicted octanol–water partition coefficient (Wildman–Crippen LogP) is 2.06. The molecule has 96 valence electrons. The number of nitrogens with zero attached hydrogens (tertiary/aromatic N) is 1. The number of nitrogens with one attached hydrogen (secondary N) is 1. The highest BCUT2D eigenvalue weighted by Crippen LogP contribution is 2.20. The zero-order valence-corrected chi connectivity index (χ0v) is 12.1. The van der Waals surface area contributed by atoms with Crippen molar-refractivity contribution in [3.8, 4) is 0 Å². The highest BCUT2D eigenvalue weighted by molar-refractivity contribution is 9.09. The summed E-state index contributed by atoms with van der Waals surface area (Å²) >= 11 is 3.30. The molecule has 0 saturated heterocycles. The summed E-state index contributed by atoms with van der Waals surface area (Å²) in [6, 6.07) is 2.40. The van der Waals surface area contributed by atoms with Crippen molar-refractivity contribution in [1.82, 2.24) is 9.71 Å². The van der Waals surface area contributed by atoms with Gasteiger partial charge in [0.2, 0.25) is 5.03 Å². The Bertz CT molecular complexity index is 503. The normalized spacial score (nSPS) is 14.6. The molecular weight excluding hydrogens is 311 g/mol. The zero-order chi connectivity index (χ0) is 13.3. The standard InChI is InChI=1S/C10H14BrFN2O2S/c1-7(11)10(2,3)14-17(15,16)9-8(12)5-4-6-13-9/h4-7,14H,1-3H3. The fourth-order valence-electron chi connectivity index (χ4n) is 1.04. The molecule has 1 heterocycles. The van der Waals surface area contributed by atoms with E-state index in [0.29, 0.717) is 0 Å². The average Bonchev–Trinajstić information content (AvgIpc) is 2.16. The van der Waals surface area contributed by atoms with Gasteiger partial charge in [0.1, 0.15) is 0 Å². The van der Waals surface area contributed by atoms with E-state index in [9.17, 15) is 12.8 Å². The first-order valence-electron chi connectivity index (χ1n) is 4.95. The molecule has 1 aromatic heterocycles. The molecular formula is C10H14BrFN2O2S. The van der Waals surface area contributed by atoms with Gasteiger partial charge >= 0.3 is 0 Å². The molecule has 17 heavy (non-hydrogen) atoms. The van der Waals surface area contributed by atoms with Gasteiger partial charge in [0.25, 0.3) is 10.0 Å². The first-order valence-corrected chi connectivity index (χ1v) is 7.35. The maximum absolute atomic E-state index is 13.4. The van der Waals surface area contributed by atoms with Crippen molar-refractivity contribution in [1.29, 1.82) is 0 Å². The molecule has 4 nitrogen and oxygen atoms in total. The topological polar surface area (TPSA) is 59.1 Å². The van der Waals surface area contributed by atoms with Gasteiger partial charge in [0.15, 0.2) is 5.82 Å². The van der Waals surface area contributed by atoms with Gasteiger partial charge in [-0.1, -0.05) is 22.9 Å². The smallest absolute Gasteiger partial charge is 0.241 e. The Balaban J connectivity index is 3.11. The van der Waals surface area contributed by atoms with E-state index in [1.54, 1.807) is 20.8 Å². The second kappa shape index (κ2) is 4.99. The van der Waals surface area contributed by atoms with Crippen LogP contribution >= 0.6 is 15.9 Å². The van der Waals surface area contributed by atoms with E-state index in [-0.39, 0.29) is 4.83 Å². The summed E-state index contributed by atoms with van der Waals surface area (Å²) in [4.78, 5) is 3.44. The summed E-state index contributed by atoms with van der Waals surface area (Å²) in [7, 11) is -3.96. The number of halogens is 2. The van der Waals surface area contributed by atoms with Crippen LogP contribution < -0.4 is 4.72 Å². The Morgan fingerprint density at radius 3 is 2.59 bits per heavy atom. The van der Waals surface area contributed by atoms with Gasteiger partial charge < -0.3 is 0 Å². The molecule has 0 aromatic carbocycles. The van der Waals surface area contributed by atoms with Crippen molar-refractivity contribution < 1.29 is 12.8 Å². The van der Waals surface area contributed by atoms with Crippen molar-refractivity contribution in [2.75, 3.05) is 0 Å². The number of alkyl halides is 1. The van der Waals surface area contributed by atoms with Crippen LogP contribution in [0, 0.1) is 5.82 Å². The zero-order valence-electron chi connectivity index (χ0n) is 9.74. The minimum atomic E-state index is -3.96. The number of aromatic nitrogens is 1. The lowest BCUT2D eigenvalue weighted by molar-refractivity contribution is 0.449. The number of sulfonamides is 1. The fraction of sp³-hybridized carbons (Fsp3) is 0.500. The third-order valence-corrected chi connectivity index (χ3v) is 5.12. The van der Waals surface area contributed by atoms with Crippen LogP contribution in [0.1, 0.15) is 20.8 Å². The molecule has 0 aliphatic carbocycles. The second-order valence-electron chi connectivity index (χ2n) is 4.23. The molecule has 0 bridgehead atoms. The quantitative estimate of drug-likeness (QED) is 0.862. The van der Waals surface area contributed by atoms with Gasteiger partial charge in [-0.2, -0.15) is 0 Å². The van der Waals surface area contributed by atoms with Crippen LogP contribution in [0.15, 0.2) is 23.4 Å². The third kappa shape index (κ3) is 3.46. The first kappa shape index (κ1) is 14.5.